The van der Waals surface area contributed by atoms with Gasteiger partial charge in [0, 0.05) is 18.3 Å². The quantitative estimate of drug-likeness (QED) is 0.639. The van der Waals surface area contributed by atoms with Crippen molar-refractivity contribution >= 4 is 23.1 Å². The van der Waals surface area contributed by atoms with Crippen molar-refractivity contribution in [2.24, 2.45) is 7.05 Å². The van der Waals surface area contributed by atoms with Gasteiger partial charge in [-0.1, -0.05) is 11.6 Å². The summed E-state index contributed by atoms with van der Waals surface area (Å²) in [7, 11) is 1.68. The number of hydrogen-bond acceptors (Lipinski definition) is 3. The molecule has 0 atom stereocenters. The van der Waals surface area contributed by atoms with E-state index >= 15 is 0 Å². The zero-order valence-electron chi connectivity index (χ0n) is 8.64. The van der Waals surface area contributed by atoms with Gasteiger partial charge in [0.05, 0.1) is 11.2 Å². The summed E-state index contributed by atoms with van der Waals surface area (Å²) in [6.45, 7) is 0. The van der Waals surface area contributed by atoms with Crippen molar-refractivity contribution in [1.82, 2.24) is 9.78 Å². The van der Waals surface area contributed by atoms with Crippen LogP contribution < -0.4 is 5.73 Å². The molecule has 16 heavy (non-hydrogen) atoms. The molecule has 0 radical (unpaired) electrons. The number of hydrogen-bond donors (Lipinski definition) is 1. The Bertz CT molecular complexity index is 511. The fourth-order valence-electron chi connectivity index (χ4n) is 1.44. The molecule has 4 nitrogen and oxygen atoms in total. The predicted molar refractivity (Wildman–Crippen MR) is 62.5 cm³/mol. The number of carbonyl (C=O) groups is 1. The summed E-state index contributed by atoms with van der Waals surface area (Å²) in [5.74, 6) is -0.162. The number of ketones is 1. The van der Waals surface area contributed by atoms with Crippen LogP contribution in [0.5, 0.6) is 0 Å². The van der Waals surface area contributed by atoms with E-state index in [4.69, 9.17) is 17.3 Å². The number of nitrogens with two attached hydrogens (primary N) is 1. The molecule has 0 aliphatic heterocycles. The second-order valence-electron chi connectivity index (χ2n) is 3.42. The van der Waals surface area contributed by atoms with E-state index in [2.05, 4.69) is 5.10 Å². The molecular formula is C11H10ClN3O. The van der Waals surface area contributed by atoms with Crippen molar-refractivity contribution < 1.29 is 4.79 Å². The van der Waals surface area contributed by atoms with Crippen LogP contribution in [0.2, 0.25) is 5.02 Å². The van der Waals surface area contributed by atoms with Crippen molar-refractivity contribution in [3.63, 3.8) is 0 Å². The Morgan fingerprint density at radius 3 is 2.50 bits per heavy atom. The molecule has 0 aliphatic rings. The van der Waals surface area contributed by atoms with Gasteiger partial charge in [0.25, 0.3) is 0 Å². The van der Waals surface area contributed by atoms with Gasteiger partial charge in [-0.25, -0.2) is 0 Å². The van der Waals surface area contributed by atoms with Crippen LogP contribution in [0.15, 0.2) is 30.5 Å². The molecule has 0 amide bonds. The zero-order valence-corrected chi connectivity index (χ0v) is 9.40. The van der Waals surface area contributed by atoms with Crippen LogP contribution in [0.25, 0.3) is 0 Å². The van der Waals surface area contributed by atoms with Crippen LogP contribution >= 0.6 is 11.6 Å². The van der Waals surface area contributed by atoms with Crippen LogP contribution in [-0.2, 0) is 7.05 Å². The van der Waals surface area contributed by atoms with Gasteiger partial charge in [-0.2, -0.15) is 5.10 Å². The Morgan fingerprint density at radius 2 is 2.00 bits per heavy atom. The van der Waals surface area contributed by atoms with Crippen molar-refractivity contribution in [1.29, 1.82) is 0 Å². The molecule has 2 rings (SSSR count). The first-order valence-corrected chi connectivity index (χ1v) is 5.05. The lowest BCUT2D eigenvalue weighted by Crippen LogP contribution is -2.08. The Hall–Kier alpha value is -1.81. The minimum Gasteiger partial charge on any atom is -0.399 e. The fourth-order valence-corrected chi connectivity index (χ4v) is 1.69. The number of aromatic nitrogens is 2. The van der Waals surface area contributed by atoms with Crippen LogP contribution in [0.1, 0.15) is 16.1 Å². The number of carbonyl (C=O) groups excluding carboxylic acids is 1. The van der Waals surface area contributed by atoms with E-state index in [1.807, 2.05) is 0 Å². The van der Waals surface area contributed by atoms with E-state index in [1.54, 1.807) is 31.3 Å². The highest BCUT2D eigenvalue weighted by atomic mass is 35.5. The Morgan fingerprint density at radius 1 is 1.38 bits per heavy atom. The Kier molecular flexibility index (Phi) is 2.66. The Labute approximate surface area is 97.6 Å². The average Bonchev–Trinajstić information content (AvgIpc) is 2.59. The van der Waals surface area contributed by atoms with Crippen LogP contribution in [0.3, 0.4) is 0 Å². The normalized spacial score (nSPS) is 10.4. The Balaban J connectivity index is 2.43. The highest BCUT2D eigenvalue weighted by Gasteiger charge is 2.17. The SMILES string of the molecule is Cn1ncc(Cl)c1C(=O)c1ccc(N)cc1. The van der Waals surface area contributed by atoms with Gasteiger partial charge in [-0.3, -0.25) is 9.48 Å². The van der Waals surface area contributed by atoms with Gasteiger partial charge >= 0.3 is 0 Å². The molecule has 0 spiro atoms. The van der Waals surface area contributed by atoms with E-state index in [0.29, 0.717) is 22.0 Å². The van der Waals surface area contributed by atoms with E-state index in [0.717, 1.165) is 0 Å². The molecule has 0 fully saturated rings. The molecule has 5 heteroatoms. The lowest BCUT2D eigenvalue weighted by molar-refractivity contribution is 0.103. The first kappa shape index (κ1) is 10.7. The van der Waals surface area contributed by atoms with E-state index in [-0.39, 0.29) is 5.78 Å². The molecule has 0 aliphatic carbocycles. The molecular weight excluding hydrogens is 226 g/mol. The van der Waals surface area contributed by atoms with Gasteiger partial charge in [-0.05, 0) is 24.3 Å². The number of nitrogens with zero attached hydrogens (tertiary/aromatic N) is 2. The molecule has 2 N–H and O–H groups in total. The summed E-state index contributed by atoms with van der Waals surface area (Å²) in [6, 6.07) is 6.69. The molecule has 0 unspecified atom stereocenters. The summed E-state index contributed by atoms with van der Waals surface area (Å²) in [5, 5.41) is 4.27. The van der Waals surface area contributed by atoms with Gasteiger partial charge < -0.3 is 5.73 Å². The molecule has 0 saturated heterocycles. The molecule has 1 aromatic heterocycles. The second kappa shape index (κ2) is 3.98. The molecule has 82 valence electrons. The van der Waals surface area contributed by atoms with Crippen molar-refractivity contribution in [2.75, 3.05) is 5.73 Å². The maximum atomic E-state index is 12.1. The summed E-state index contributed by atoms with van der Waals surface area (Å²) in [4.78, 5) is 12.1. The van der Waals surface area contributed by atoms with Crippen LogP contribution in [-0.4, -0.2) is 15.6 Å². The molecule has 0 saturated carbocycles. The van der Waals surface area contributed by atoms with Crippen molar-refractivity contribution in [3.05, 3.63) is 46.7 Å². The standard InChI is InChI=1S/C11H10ClN3O/c1-15-10(9(12)6-14-15)11(16)7-2-4-8(13)5-3-7/h2-6H,13H2,1H3. The zero-order chi connectivity index (χ0) is 11.7. The number of aryl methyl sites for hydroxylation is 1. The lowest BCUT2D eigenvalue weighted by Gasteiger charge is -2.02. The predicted octanol–water partition coefficient (Wildman–Crippen LogP) is 1.89. The minimum absolute atomic E-state index is 0.162. The largest absolute Gasteiger partial charge is 0.399 e. The molecule has 2 aromatic rings. The highest BCUT2D eigenvalue weighted by molar-refractivity contribution is 6.34. The second-order valence-corrected chi connectivity index (χ2v) is 3.82. The van der Waals surface area contributed by atoms with Crippen LogP contribution in [0.4, 0.5) is 5.69 Å². The van der Waals surface area contributed by atoms with Crippen molar-refractivity contribution in [3.8, 4) is 0 Å². The molecule has 1 aromatic carbocycles. The van der Waals surface area contributed by atoms with Gasteiger partial charge in [0.2, 0.25) is 5.78 Å². The number of benzene rings is 1. The van der Waals surface area contributed by atoms with Crippen molar-refractivity contribution in [2.45, 2.75) is 0 Å². The number of halogens is 1. The summed E-state index contributed by atoms with van der Waals surface area (Å²) >= 11 is 5.89. The number of rotatable bonds is 2. The highest BCUT2D eigenvalue weighted by Crippen LogP contribution is 2.18. The minimum atomic E-state index is -0.162. The third-order valence-corrected chi connectivity index (χ3v) is 2.56. The molecule has 0 bridgehead atoms. The number of nitrogen functional groups attached to an aromatic ring is 1. The summed E-state index contributed by atoms with van der Waals surface area (Å²) in [6.07, 6.45) is 1.45. The van der Waals surface area contributed by atoms with E-state index in [1.165, 1.54) is 10.9 Å². The average molecular weight is 236 g/mol. The van der Waals surface area contributed by atoms with E-state index in [9.17, 15) is 4.79 Å². The number of anilines is 1. The maximum Gasteiger partial charge on any atom is 0.212 e. The maximum absolute atomic E-state index is 12.1. The first-order chi connectivity index (χ1) is 7.59. The summed E-state index contributed by atoms with van der Waals surface area (Å²) < 4.78 is 1.46. The van der Waals surface area contributed by atoms with Crippen LogP contribution in [0, 0.1) is 0 Å². The van der Waals surface area contributed by atoms with Gasteiger partial charge in [0.1, 0.15) is 5.69 Å². The third kappa shape index (κ3) is 1.79. The smallest absolute Gasteiger partial charge is 0.212 e. The van der Waals surface area contributed by atoms with Gasteiger partial charge in [-0.15, -0.1) is 0 Å². The first-order valence-electron chi connectivity index (χ1n) is 4.67. The lowest BCUT2D eigenvalue weighted by atomic mass is 10.1. The fraction of sp³-hybridized carbons (Fsp3) is 0.0909. The van der Waals surface area contributed by atoms with E-state index < -0.39 is 0 Å². The third-order valence-electron chi connectivity index (χ3n) is 2.28. The molecule has 1 heterocycles. The summed E-state index contributed by atoms with van der Waals surface area (Å²) in [5.41, 5.74) is 7.09. The topological polar surface area (TPSA) is 60.9 Å². The monoisotopic (exact) mass is 235 g/mol. The van der Waals surface area contributed by atoms with Gasteiger partial charge in [0.15, 0.2) is 0 Å².